The maximum Gasteiger partial charge on any atom is 0.252 e. The molecule has 2 atom stereocenters. The highest BCUT2D eigenvalue weighted by Gasteiger charge is 2.31. The molecule has 0 radical (unpaired) electrons. The van der Waals surface area contributed by atoms with E-state index in [2.05, 4.69) is 5.32 Å². The number of carbonyl (C=O) groups excluding carboxylic acids is 1. The van der Waals surface area contributed by atoms with Crippen LogP contribution in [0.5, 0.6) is 0 Å². The van der Waals surface area contributed by atoms with Crippen molar-refractivity contribution < 1.29 is 14.6 Å². The largest absolute Gasteiger partial charge is 0.391 e. The van der Waals surface area contributed by atoms with Crippen molar-refractivity contribution in [3.63, 3.8) is 0 Å². The molecule has 0 aliphatic carbocycles. The van der Waals surface area contributed by atoms with Crippen molar-refractivity contribution in [3.8, 4) is 0 Å². The zero-order valence-corrected chi connectivity index (χ0v) is 11.7. The van der Waals surface area contributed by atoms with Crippen LogP contribution in [-0.4, -0.2) is 36.4 Å². The first-order valence-electron chi connectivity index (χ1n) is 6.46. The molecular formula is C13H27NO3. The van der Waals surface area contributed by atoms with Crippen molar-refractivity contribution in [1.82, 2.24) is 5.32 Å². The minimum Gasteiger partial charge on any atom is -0.391 e. The average Bonchev–Trinajstić information content (AvgIpc) is 2.36. The lowest BCUT2D eigenvalue weighted by Crippen LogP contribution is -2.48. The highest BCUT2D eigenvalue weighted by Crippen LogP contribution is 2.15. The standard InChI is InChI=1S/C13H27NO3/c1-6-10(7-2)11(15)9-14-12(16)13(4,8-3)17-5/h10-11,15H,6-9H2,1-5H3,(H,14,16). The lowest BCUT2D eigenvalue weighted by atomic mass is 9.96. The minimum absolute atomic E-state index is 0.160. The predicted molar refractivity (Wildman–Crippen MR) is 68.8 cm³/mol. The van der Waals surface area contributed by atoms with E-state index in [1.165, 1.54) is 7.11 Å². The molecule has 0 aromatic carbocycles. The minimum atomic E-state index is -0.798. The smallest absolute Gasteiger partial charge is 0.252 e. The van der Waals surface area contributed by atoms with Crippen molar-refractivity contribution in [2.75, 3.05) is 13.7 Å². The Balaban J connectivity index is 4.24. The third kappa shape index (κ3) is 4.64. The summed E-state index contributed by atoms with van der Waals surface area (Å²) in [6.07, 6.45) is 1.97. The van der Waals surface area contributed by atoms with E-state index in [1.807, 2.05) is 20.8 Å². The number of amides is 1. The number of aliphatic hydroxyl groups excluding tert-OH is 1. The molecule has 0 aromatic heterocycles. The molecule has 4 heteroatoms. The summed E-state index contributed by atoms with van der Waals surface area (Å²) >= 11 is 0. The van der Waals surface area contributed by atoms with Gasteiger partial charge in [0.05, 0.1) is 6.10 Å². The third-order valence-electron chi connectivity index (χ3n) is 3.67. The quantitative estimate of drug-likeness (QED) is 0.684. The first-order chi connectivity index (χ1) is 7.95. The Morgan fingerprint density at radius 2 is 1.88 bits per heavy atom. The molecule has 17 heavy (non-hydrogen) atoms. The maximum absolute atomic E-state index is 11.9. The second-order valence-corrected chi connectivity index (χ2v) is 4.64. The van der Waals surface area contributed by atoms with Gasteiger partial charge in [0, 0.05) is 13.7 Å². The SMILES string of the molecule is CCC(CC)C(O)CNC(=O)C(C)(CC)OC. The summed E-state index contributed by atoms with van der Waals surface area (Å²) in [5, 5.41) is 12.7. The van der Waals surface area contributed by atoms with Gasteiger partial charge in [-0.15, -0.1) is 0 Å². The molecule has 2 unspecified atom stereocenters. The summed E-state index contributed by atoms with van der Waals surface area (Å²) in [6, 6.07) is 0. The molecule has 1 amide bonds. The van der Waals surface area contributed by atoms with E-state index < -0.39 is 11.7 Å². The summed E-state index contributed by atoms with van der Waals surface area (Å²) < 4.78 is 5.20. The van der Waals surface area contributed by atoms with Gasteiger partial charge < -0.3 is 15.2 Å². The van der Waals surface area contributed by atoms with Crippen molar-refractivity contribution in [2.24, 2.45) is 5.92 Å². The van der Waals surface area contributed by atoms with Crippen LogP contribution in [0.25, 0.3) is 0 Å². The van der Waals surface area contributed by atoms with Crippen LogP contribution in [0.1, 0.15) is 47.0 Å². The van der Waals surface area contributed by atoms with Crippen molar-refractivity contribution in [2.45, 2.75) is 58.7 Å². The lowest BCUT2D eigenvalue weighted by Gasteiger charge is -2.27. The van der Waals surface area contributed by atoms with Crippen molar-refractivity contribution in [1.29, 1.82) is 0 Å². The Morgan fingerprint density at radius 1 is 1.35 bits per heavy atom. The van der Waals surface area contributed by atoms with Crippen LogP contribution in [0.2, 0.25) is 0 Å². The van der Waals surface area contributed by atoms with Gasteiger partial charge in [-0.2, -0.15) is 0 Å². The van der Waals surface area contributed by atoms with Gasteiger partial charge >= 0.3 is 0 Å². The first kappa shape index (κ1) is 16.4. The molecule has 0 saturated heterocycles. The first-order valence-corrected chi connectivity index (χ1v) is 6.46. The normalized spacial score (nSPS) is 16.6. The van der Waals surface area contributed by atoms with E-state index in [9.17, 15) is 9.90 Å². The lowest BCUT2D eigenvalue weighted by molar-refractivity contribution is -0.142. The van der Waals surface area contributed by atoms with Crippen LogP contribution in [-0.2, 0) is 9.53 Å². The van der Waals surface area contributed by atoms with Gasteiger partial charge in [0.2, 0.25) is 0 Å². The van der Waals surface area contributed by atoms with E-state index in [1.54, 1.807) is 6.92 Å². The highest BCUT2D eigenvalue weighted by atomic mass is 16.5. The van der Waals surface area contributed by atoms with Crippen molar-refractivity contribution >= 4 is 5.91 Å². The molecule has 0 aliphatic rings. The number of aliphatic hydroxyl groups is 1. The summed E-state index contributed by atoms with van der Waals surface area (Å²) in [5.74, 6) is 0.0817. The second-order valence-electron chi connectivity index (χ2n) is 4.64. The molecule has 4 nitrogen and oxygen atoms in total. The van der Waals surface area contributed by atoms with Gasteiger partial charge in [0.15, 0.2) is 0 Å². The van der Waals surface area contributed by atoms with Gasteiger partial charge in [-0.05, 0) is 19.3 Å². The molecular weight excluding hydrogens is 218 g/mol. The number of rotatable bonds is 8. The maximum atomic E-state index is 11.9. The number of nitrogens with one attached hydrogen (secondary N) is 1. The number of hydrogen-bond donors (Lipinski definition) is 2. The Hall–Kier alpha value is -0.610. The van der Waals surface area contributed by atoms with Gasteiger partial charge in [-0.1, -0.05) is 33.6 Å². The molecule has 0 spiro atoms. The van der Waals surface area contributed by atoms with E-state index >= 15 is 0 Å². The van der Waals surface area contributed by atoms with Crippen LogP contribution >= 0.6 is 0 Å². The zero-order chi connectivity index (χ0) is 13.5. The van der Waals surface area contributed by atoms with E-state index in [4.69, 9.17) is 4.74 Å². The summed E-state index contributed by atoms with van der Waals surface area (Å²) in [5.41, 5.74) is -0.798. The molecule has 0 fully saturated rings. The van der Waals surface area contributed by atoms with Crippen LogP contribution in [0.15, 0.2) is 0 Å². The Kier molecular flexibility index (Phi) is 7.39. The molecule has 102 valence electrons. The second kappa shape index (κ2) is 7.67. The summed E-state index contributed by atoms with van der Waals surface area (Å²) in [7, 11) is 1.53. The van der Waals surface area contributed by atoms with Crippen LogP contribution in [0, 0.1) is 5.92 Å². The number of ether oxygens (including phenoxy) is 1. The topological polar surface area (TPSA) is 58.6 Å². The molecule has 0 aliphatic heterocycles. The molecule has 2 N–H and O–H groups in total. The Bertz CT molecular complexity index is 223. The molecule has 0 rings (SSSR count). The molecule has 0 heterocycles. The Labute approximate surface area is 105 Å². The van der Waals surface area contributed by atoms with Crippen LogP contribution in [0.3, 0.4) is 0 Å². The fourth-order valence-corrected chi connectivity index (χ4v) is 1.78. The highest BCUT2D eigenvalue weighted by molar-refractivity contribution is 5.84. The fourth-order valence-electron chi connectivity index (χ4n) is 1.78. The predicted octanol–water partition coefficient (Wildman–Crippen LogP) is 1.71. The van der Waals surface area contributed by atoms with E-state index in [0.29, 0.717) is 13.0 Å². The Morgan fingerprint density at radius 3 is 2.24 bits per heavy atom. The zero-order valence-electron chi connectivity index (χ0n) is 11.7. The van der Waals surface area contributed by atoms with Crippen LogP contribution < -0.4 is 5.32 Å². The van der Waals surface area contributed by atoms with Crippen LogP contribution in [0.4, 0.5) is 0 Å². The molecule has 0 bridgehead atoms. The van der Waals surface area contributed by atoms with Crippen molar-refractivity contribution in [3.05, 3.63) is 0 Å². The number of carbonyl (C=O) groups is 1. The summed E-state index contributed by atoms with van der Waals surface area (Å²) in [6.45, 7) is 8.05. The average molecular weight is 245 g/mol. The fraction of sp³-hybridized carbons (Fsp3) is 0.923. The monoisotopic (exact) mass is 245 g/mol. The van der Waals surface area contributed by atoms with Gasteiger partial charge in [-0.3, -0.25) is 4.79 Å². The third-order valence-corrected chi connectivity index (χ3v) is 3.67. The number of hydrogen-bond acceptors (Lipinski definition) is 3. The molecule has 0 saturated carbocycles. The summed E-state index contributed by atoms with van der Waals surface area (Å²) in [4.78, 5) is 11.9. The van der Waals surface area contributed by atoms with Gasteiger partial charge in [0.1, 0.15) is 5.60 Å². The van der Waals surface area contributed by atoms with Gasteiger partial charge in [0.25, 0.3) is 5.91 Å². The van der Waals surface area contributed by atoms with E-state index in [0.717, 1.165) is 12.8 Å². The van der Waals surface area contributed by atoms with Gasteiger partial charge in [-0.25, -0.2) is 0 Å². The number of methoxy groups -OCH3 is 1. The molecule has 0 aromatic rings. The van der Waals surface area contributed by atoms with E-state index in [-0.39, 0.29) is 11.8 Å².